The van der Waals surface area contributed by atoms with Crippen LogP contribution in [0.4, 0.5) is 13.2 Å². The number of carbonyl (C=O) groups is 1. The maximum Gasteiger partial charge on any atom is 0.471 e. The van der Waals surface area contributed by atoms with E-state index in [0.717, 1.165) is 46.1 Å². The molecule has 3 heterocycles. The van der Waals surface area contributed by atoms with Crippen LogP contribution in [0.1, 0.15) is 25.0 Å². The number of aryl methyl sites for hydroxylation is 1. The van der Waals surface area contributed by atoms with Crippen molar-refractivity contribution < 1.29 is 18.0 Å². The molecule has 0 atom stereocenters. The van der Waals surface area contributed by atoms with E-state index in [4.69, 9.17) is 0 Å². The molecule has 5 nitrogen and oxygen atoms in total. The molecule has 3 rings (SSSR count). The van der Waals surface area contributed by atoms with Gasteiger partial charge in [-0.1, -0.05) is 12.5 Å². The molecule has 0 aliphatic carbocycles. The van der Waals surface area contributed by atoms with E-state index in [1.54, 1.807) is 11.8 Å². The number of alkyl halides is 3. The highest BCUT2D eigenvalue weighted by Gasteiger charge is 2.38. The quantitative estimate of drug-likeness (QED) is 0.510. The number of halogens is 3. The van der Waals surface area contributed by atoms with Crippen LogP contribution in [0.3, 0.4) is 0 Å². The number of pyridine rings is 1. The molecule has 0 spiro atoms. The van der Waals surface area contributed by atoms with Crippen LogP contribution in [-0.2, 0) is 4.79 Å². The van der Waals surface area contributed by atoms with E-state index in [1.807, 2.05) is 34.8 Å². The van der Waals surface area contributed by atoms with Gasteiger partial charge in [-0.05, 0) is 37.7 Å². The predicted octanol–water partition coefficient (Wildman–Crippen LogP) is 3.57. The number of imidazole rings is 2. The number of amides is 1. The number of aromatic nitrogens is 3. The summed E-state index contributed by atoms with van der Waals surface area (Å²) in [5.41, 5.74) is 3.70. The van der Waals surface area contributed by atoms with Crippen LogP contribution in [0.5, 0.6) is 0 Å². The molecular weight excluding hydrogens is 353 g/mol. The molecule has 0 saturated carbocycles. The van der Waals surface area contributed by atoms with Crippen molar-refractivity contribution in [2.75, 3.05) is 12.3 Å². The topological polar surface area (TPSA) is 59.3 Å². The van der Waals surface area contributed by atoms with E-state index in [-0.39, 0.29) is 6.54 Å². The Morgan fingerprint density at radius 1 is 1.20 bits per heavy atom. The average molecular weight is 370 g/mol. The van der Waals surface area contributed by atoms with E-state index < -0.39 is 12.1 Å². The van der Waals surface area contributed by atoms with E-state index >= 15 is 0 Å². The number of unbranched alkanes of at least 4 members (excludes halogenated alkanes) is 2. The zero-order valence-corrected chi connectivity index (χ0v) is 14.4. The normalized spacial score (nSPS) is 12.3. The van der Waals surface area contributed by atoms with Gasteiger partial charge in [0.25, 0.3) is 0 Å². The minimum absolute atomic E-state index is 0.0394. The van der Waals surface area contributed by atoms with Gasteiger partial charge in [0.2, 0.25) is 0 Å². The maximum absolute atomic E-state index is 12.0. The van der Waals surface area contributed by atoms with Gasteiger partial charge in [0, 0.05) is 6.54 Å². The molecule has 3 aromatic rings. The fraction of sp³-hybridized carbons (Fsp3) is 0.438. The van der Waals surface area contributed by atoms with Crippen molar-refractivity contribution in [2.45, 2.75) is 37.4 Å². The van der Waals surface area contributed by atoms with Gasteiger partial charge in [-0.25, -0.2) is 9.97 Å². The standard InChI is InChI=1S/C16H17F3N4OS/c1-10-13-14(22-12-7-5-6-11(21-10)23(12)13)25-9-4-2-3-8-20-15(24)16(17,18)19/h5-7H,2-4,8-9H2,1H3,(H,20,24). The van der Waals surface area contributed by atoms with Gasteiger partial charge in [-0.3, -0.25) is 9.20 Å². The first-order valence-electron chi connectivity index (χ1n) is 7.93. The fourth-order valence-corrected chi connectivity index (χ4v) is 3.74. The number of rotatable bonds is 7. The summed E-state index contributed by atoms with van der Waals surface area (Å²) in [4.78, 5) is 19.8. The zero-order chi connectivity index (χ0) is 18.0. The Kier molecular flexibility index (Phi) is 5.03. The summed E-state index contributed by atoms with van der Waals surface area (Å²) in [5.74, 6) is -1.06. The summed E-state index contributed by atoms with van der Waals surface area (Å²) < 4.78 is 38.1. The third-order valence-corrected chi connectivity index (χ3v) is 4.87. The number of nitrogens with zero attached hydrogens (tertiary/aromatic N) is 3. The molecule has 0 unspecified atom stereocenters. The molecule has 3 aromatic heterocycles. The summed E-state index contributed by atoms with van der Waals surface area (Å²) in [6.45, 7) is 1.99. The summed E-state index contributed by atoms with van der Waals surface area (Å²) >= 11 is 1.62. The van der Waals surface area contributed by atoms with Gasteiger partial charge < -0.3 is 5.32 Å². The Balaban J connectivity index is 1.46. The van der Waals surface area contributed by atoms with E-state index in [2.05, 4.69) is 9.97 Å². The van der Waals surface area contributed by atoms with E-state index in [0.29, 0.717) is 6.42 Å². The summed E-state index contributed by atoms with van der Waals surface area (Å²) in [6, 6.07) is 5.81. The van der Waals surface area contributed by atoms with Gasteiger partial charge >= 0.3 is 12.1 Å². The van der Waals surface area contributed by atoms with Gasteiger partial charge in [0.05, 0.1) is 5.69 Å². The van der Waals surface area contributed by atoms with Crippen molar-refractivity contribution in [3.63, 3.8) is 0 Å². The maximum atomic E-state index is 12.0. The monoisotopic (exact) mass is 370 g/mol. The van der Waals surface area contributed by atoms with Crippen LogP contribution >= 0.6 is 11.8 Å². The molecule has 9 heteroatoms. The Morgan fingerprint density at radius 2 is 1.92 bits per heavy atom. The van der Waals surface area contributed by atoms with Crippen molar-refractivity contribution in [1.82, 2.24) is 19.7 Å². The van der Waals surface area contributed by atoms with Crippen molar-refractivity contribution >= 4 is 34.5 Å². The van der Waals surface area contributed by atoms with Crippen LogP contribution in [0.25, 0.3) is 16.8 Å². The lowest BCUT2D eigenvalue weighted by atomic mass is 10.2. The predicted molar refractivity (Wildman–Crippen MR) is 90.1 cm³/mol. The van der Waals surface area contributed by atoms with Crippen molar-refractivity contribution in [3.8, 4) is 0 Å². The number of hydrogen-bond donors (Lipinski definition) is 1. The fourth-order valence-electron chi connectivity index (χ4n) is 2.66. The van der Waals surface area contributed by atoms with Crippen molar-refractivity contribution in [1.29, 1.82) is 0 Å². The lowest BCUT2D eigenvalue weighted by Gasteiger charge is -2.07. The largest absolute Gasteiger partial charge is 0.471 e. The molecular formula is C16H17F3N4OS. The Morgan fingerprint density at radius 3 is 2.64 bits per heavy atom. The van der Waals surface area contributed by atoms with Crippen LogP contribution in [0.2, 0.25) is 0 Å². The highest BCUT2D eigenvalue weighted by molar-refractivity contribution is 7.99. The second-order valence-electron chi connectivity index (χ2n) is 5.70. The first-order valence-corrected chi connectivity index (χ1v) is 8.91. The highest BCUT2D eigenvalue weighted by Crippen LogP contribution is 2.30. The molecule has 0 aliphatic heterocycles. The minimum atomic E-state index is -4.81. The third kappa shape index (κ3) is 3.81. The van der Waals surface area contributed by atoms with E-state index in [1.165, 1.54) is 0 Å². The molecule has 0 saturated heterocycles. The van der Waals surface area contributed by atoms with Crippen LogP contribution in [0, 0.1) is 6.92 Å². The lowest BCUT2D eigenvalue weighted by Crippen LogP contribution is -2.37. The summed E-state index contributed by atoms with van der Waals surface area (Å²) in [5, 5.41) is 2.81. The zero-order valence-electron chi connectivity index (χ0n) is 13.6. The number of nitrogens with one attached hydrogen (secondary N) is 1. The first-order chi connectivity index (χ1) is 11.9. The molecule has 1 N–H and O–H groups in total. The van der Waals surface area contributed by atoms with Gasteiger partial charge in [-0.2, -0.15) is 13.2 Å². The molecule has 0 fully saturated rings. The molecule has 0 bridgehead atoms. The Labute approximate surface area is 146 Å². The summed E-state index contributed by atoms with van der Waals surface area (Å²) in [6.07, 6.45) is -2.71. The SMILES string of the molecule is Cc1nc2cccc3nc(SCCCCCNC(=O)C(F)(F)F)c1n23. The molecule has 134 valence electrons. The second kappa shape index (κ2) is 7.07. The lowest BCUT2D eigenvalue weighted by molar-refractivity contribution is -0.173. The van der Waals surface area contributed by atoms with Crippen molar-refractivity contribution in [3.05, 3.63) is 23.9 Å². The molecule has 0 aliphatic rings. The summed E-state index contributed by atoms with van der Waals surface area (Å²) in [7, 11) is 0. The van der Waals surface area contributed by atoms with Crippen molar-refractivity contribution in [2.24, 2.45) is 0 Å². The Bertz CT molecular complexity index is 877. The second-order valence-corrected chi connectivity index (χ2v) is 6.79. The number of thioether (sulfide) groups is 1. The Hall–Kier alpha value is -2.03. The van der Waals surface area contributed by atoms with E-state index in [9.17, 15) is 18.0 Å². The third-order valence-electron chi connectivity index (χ3n) is 3.82. The molecule has 0 aromatic carbocycles. The number of carbonyl (C=O) groups excluding carboxylic acids is 1. The smallest absolute Gasteiger partial charge is 0.348 e. The molecule has 1 amide bonds. The minimum Gasteiger partial charge on any atom is -0.348 e. The molecule has 25 heavy (non-hydrogen) atoms. The highest BCUT2D eigenvalue weighted by atomic mass is 32.2. The first kappa shape index (κ1) is 17.8. The molecule has 0 radical (unpaired) electrons. The van der Waals surface area contributed by atoms with Gasteiger partial charge in [0.15, 0.2) is 0 Å². The van der Waals surface area contributed by atoms with Gasteiger partial charge in [0.1, 0.15) is 21.8 Å². The van der Waals surface area contributed by atoms with Crippen LogP contribution < -0.4 is 5.32 Å². The van der Waals surface area contributed by atoms with Gasteiger partial charge in [-0.15, -0.1) is 11.8 Å². The average Bonchev–Trinajstić information content (AvgIpc) is 3.08. The van der Waals surface area contributed by atoms with Crippen LogP contribution in [0.15, 0.2) is 23.2 Å². The van der Waals surface area contributed by atoms with Crippen LogP contribution in [-0.4, -0.2) is 38.7 Å². The number of hydrogen-bond acceptors (Lipinski definition) is 4.